The van der Waals surface area contributed by atoms with Crippen molar-refractivity contribution in [3.8, 4) is 0 Å². The monoisotopic (exact) mass is 308 g/mol. The van der Waals surface area contributed by atoms with Crippen molar-refractivity contribution in [2.24, 2.45) is 0 Å². The summed E-state index contributed by atoms with van der Waals surface area (Å²) in [6, 6.07) is -0.202. The number of hydrogen-bond donors (Lipinski definition) is 1. The third-order valence-corrected chi connectivity index (χ3v) is 4.59. The van der Waals surface area contributed by atoms with Crippen molar-refractivity contribution in [2.45, 2.75) is 26.4 Å². The van der Waals surface area contributed by atoms with E-state index in [0.717, 1.165) is 16.3 Å². The molecule has 1 atom stereocenters. The van der Waals surface area contributed by atoms with E-state index < -0.39 is 0 Å². The van der Waals surface area contributed by atoms with Gasteiger partial charge in [0.25, 0.3) is 0 Å². The average Bonchev–Trinajstić information content (AvgIpc) is 3.06. The van der Waals surface area contributed by atoms with Gasteiger partial charge < -0.3 is 15.0 Å². The second kappa shape index (κ2) is 6.13. The van der Waals surface area contributed by atoms with Gasteiger partial charge in [0.15, 0.2) is 4.96 Å². The van der Waals surface area contributed by atoms with Crippen molar-refractivity contribution in [3.63, 3.8) is 0 Å². The lowest BCUT2D eigenvalue weighted by Crippen LogP contribution is -2.49. The maximum absolute atomic E-state index is 12.3. The number of rotatable bonds is 4. The van der Waals surface area contributed by atoms with Gasteiger partial charge in [0, 0.05) is 31.2 Å². The summed E-state index contributed by atoms with van der Waals surface area (Å²) in [6.07, 6.45) is 2.02. The molecule has 1 aliphatic heterocycles. The molecule has 1 N–H and O–H groups in total. The summed E-state index contributed by atoms with van der Waals surface area (Å²) in [5.41, 5.74) is 2.13. The van der Waals surface area contributed by atoms with E-state index in [1.807, 2.05) is 30.3 Å². The van der Waals surface area contributed by atoms with Crippen molar-refractivity contribution < 1.29 is 9.53 Å². The molecule has 0 aromatic carbocycles. The highest BCUT2D eigenvalue weighted by Gasteiger charge is 2.22. The minimum absolute atomic E-state index is 0.141. The molecule has 6 nitrogen and oxygen atoms in total. The standard InChI is InChI=1S/C14H20N4O2S/c1-10-12(18-5-8-21-14(18)16-10)9-15-11(2)13(19)17-3-6-20-7-4-17/h5,8,11,15H,3-4,6-7,9H2,1-2H3. The first-order chi connectivity index (χ1) is 10.2. The van der Waals surface area contributed by atoms with Crippen LogP contribution in [0.4, 0.5) is 0 Å². The first kappa shape index (κ1) is 14.5. The third-order valence-electron chi connectivity index (χ3n) is 3.83. The number of nitrogens with zero attached hydrogens (tertiary/aromatic N) is 3. The zero-order valence-corrected chi connectivity index (χ0v) is 13.2. The second-order valence-corrected chi connectivity index (χ2v) is 6.11. The minimum Gasteiger partial charge on any atom is -0.378 e. The quantitative estimate of drug-likeness (QED) is 0.917. The Morgan fingerprint density at radius 3 is 3.05 bits per heavy atom. The van der Waals surface area contributed by atoms with Gasteiger partial charge in [-0.15, -0.1) is 11.3 Å². The number of nitrogens with one attached hydrogen (secondary N) is 1. The van der Waals surface area contributed by atoms with Crippen LogP contribution in [0.25, 0.3) is 4.96 Å². The molecule has 3 heterocycles. The van der Waals surface area contributed by atoms with Gasteiger partial charge in [-0.1, -0.05) is 0 Å². The highest BCUT2D eigenvalue weighted by Crippen LogP contribution is 2.16. The fraction of sp³-hybridized carbons (Fsp3) is 0.571. The normalized spacial score (nSPS) is 17.3. The Morgan fingerprint density at radius 1 is 1.52 bits per heavy atom. The predicted molar refractivity (Wildman–Crippen MR) is 81.5 cm³/mol. The average molecular weight is 308 g/mol. The number of imidazole rings is 1. The number of hydrogen-bond acceptors (Lipinski definition) is 5. The molecule has 7 heteroatoms. The van der Waals surface area contributed by atoms with Crippen molar-refractivity contribution in [1.82, 2.24) is 19.6 Å². The van der Waals surface area contributed by atoms with Crippen LogP contribution in [-0.2, 0) is 16.1 Å². The van der Waals surface area contributed by atoms with Gasteiger partial charge in [-0.05, 0) is 13.8 Å². The van der Waals surface area contributed by atoms with Gasteiger partial charge in [0.2, 0.25) is 5.91 Å². The van der Waals surface area contributed by atoms with Crippen molar-refractivity contribution in [2.75, 3.05) is 26.3 Å². The molecule has 1 fully saturated rings. The van der Waals surface area contributed by atoms with Crippen LogP contribution in [0.15, 0.2) is 11.6 Å². The first-order valence-corrected chi connectivity index (χ1v) is 8.05. The Labute approximate surface area is 127 Å². The van der Waals surface area contributed by atoms with E-state index in [2.05, 4.69) is 14.7 Å². The molecular weight excluding hydrogens is 288 g/mol. The van der Waals surface area contributed by atoms with Gasteiger partial charge >= 0.3 is 0 Å². The summed E-state index contributed by atoms with van der Waals surface area (Å²) >= 11 is 1.62. The van der Waals surface area contributed by atoms with Crippen LogP contribution in [0.1, 0.15) is 18.3 Å². The van der Waals surface area contributed by atoms with E-state index in [9.17, 15) is 4.79 Å². The van der Waals surface area contributed by atoms with Gasteiger partial charge in [0.1, 0.15) is 0 Å². The zero-order valence-electron chi connectivity index (χ0n) is 12.3. The fourth-order valence-electron chi connectivity index (χ4n) is 2.55. The number of fused-ring (bicyclic) bond motifs is 1. The molecule has 0 bridgehead atoms. The van der Waals surface area contributed by atoms with Crippen LogP contribution < -0.4 is 5.32 Å². The van der Waals surface area contributed by atoms with Crippen LogP contribution in [0.2, 0.25) is 0 Å². The Balaban J connectivity index is 1.62. The molecule has 1 saturated heterocycles. The molecule has 21 heavy (non-hydrogen) atoms. The van der Waals surface area contributed by atoms with E-state index >= 15 is 0 Å². The largest absolute Gasteiger partial charge is 0.378 e. The molecule has 1 aliphatic rings. The molecule has 1 amide bonds. The van der Waals surface area contributed by atoms with Crippen molar-refractivity contribution in [3.05, 3.63) is 23.0 Å². The Kier molecular flexibility index (Phi) is 4.23. The molecule has 114 valence electrons. The van der Waals surface area contributed by atoms with Crippen molar-refractivity contribution >= 4 is 22.2 Å². The van der Waals surface area contributed by atoms with Crippen LogP contribution in [0, 0.1) is 6.92 Å². The topological polar surface area (TPSA) is 58.9 Å². The summed E-state index contributed by atoms with van der Waals surface area (Å²) < 4.78 is 7.36. The van der Waals surface area contributed by atoms with Crippen molar-refractivity contribution in [1.29, 1.82) is 0 Å². The number of morpholine rings is 1. The summed E-state index contributed by atoms with van der Waals surface area (Å²) in [7, 11) is 0. The van der Waals surface area contributed by atoms with Crippen LogP contribution in [-0.4, -0.2) is 52.5 Å². The van der Waals surface area contributed by atoms with E-state index in [0.29, 0.717) is 32.8 Å². The van der Waals surface area contributed by atoms with Gasteiger partial charge in [0.05, 0.1) is 30.6 Å². The molecule has 0 saturated carbocycles. The predicted octanol–water partition coefficient (Wildman–Crippen LogP) is 1.04. The van der Waals surface area contributed by atoms with Crippen LogP contribution in [0.3, 0.4) is 0 Å². The maximum Gasteiger partial charge on any atom is 0.239 e. The molecule has 1 unspecified atom stereocenters. The van der Waals surface area contributed by atoms with E-state index in [-0.39, 0.29) is 11.9 Å². The summed E-state index contributed by atoms with van der Waals surface area (Å²) in [5.74, 6) is 0.141. The Morgan fingerprint density at radius 2 is 2.29 bits per heavy atom. The van der Waals surface area contributed by atoms with E-state index in [1.54, 1.807) is 11.3 Å². The Bertz CT molecular complexity index is 630. The fourth-order valence-corrected chi connectivity index (χ4v) is 3.33. The van der Waals surface area contributed by atoms with E-state index in [1.165, 1.54) is 0 Å². The van der Waals surface area contributed by atoms with Gasteiger partial charge in [-0.2, -0.15) is 0 Å². The zero-order chi connectivity index (χ0) is 14.8. The lowest BCUT2D eigenvalue weighted by Gasteiger charge is -2.29. The van der Waals surface area contributed by atoms with E-state index in [4.69, 9.17) is 4.74 Å². The highest BCUT2D eigenvalue weighted by molar-refractivity contribution is 7.15. The van der Waals surface area contributed by atoms with Gasteiger partial charge in [-0.3, -0.25) is 9.20 Å². The SMILES string of the molecule is Cc1nc2sccn2c1CNC(C)C(=O)N1CCOCC1. The Hall–Kier alpha value is -1.44. The highest BCUT2D eigenvalue weighted by atomic mass is 32.1. The molecular formula is C14H20N4O2S. The lowest BCUT2D eigenvalue weighted by atomic mass is 10.2. The number of aryl methyl sites for hydroxylation is 1. The number of ether oxygens (including phenoxy) is 1. The molecule has 0 aliphatic carbocycles. The summed E-state index contributed by atoms with van der Waals surface area (Å²) in [4.78, 5) is 19.7. The second-order valence-electron chi connectivity index (χ2n) is 5.24. The summed E-state index contributed by atoms with van der Waals surface area (Å²) in [5, 5.41) is 5.34. The molecule has 2 aromatic rings. The number of carbonyl (C=O) groups excluding carboxylic acids is 1. The first-order valence-electron chi connectivity index (χ1n) is 7.18. The third kappa shape index (κ3) is 2.95. The molecule has 0 radical (unpaired) electrons. The van der Waals surface area contributed by atoms with Crippen LogP contribution in [0.5, 0.6) is 0 Å². The number of amides is 1. The summed E-state index contributed by atoms with van der Waals surface area (Å²) in [6.45, 7) is 7.20. The lowest BCUT2D eigenvalue weighted by molar-refractivity contribution is -0.137. The maximum atomic E-state index is 12.3. The molecule has 0 spiro atoms. The molecule has 2 aromatic heterocycles. The number of thiazole rings is 1. The number of aromatic nitrogens is 2. The van der Waals surface area contributed by atoms with Gasteiger partial charge in [-0.25, -0.2) is 4.98 Å². The smallest absolute Gasteiger partial charge is 0.239 e. The van der Waals surface area contributed by atoms with Crippen LogP contribution >= 0.6 is 11.3 Å². The molecule has 3 rings (SSSR count). The minimum atomic E-state index is -0.202. The number of carbonyl (C=O) groups is 1.